The van der Waals surface area contributed by atoms with E-state index in [9.17, 15) is 0 Å². The minimum atomic E-state index is 0.860. The monoisotopic (exact) mass is 189 g/mol. The second-order valence-electron chi connectivity index (χ2n) is 3.19. The molecule has 0 heterocycles. The first-order valence-electron chi connectivity index (χ1n) is 5.20. The van der Waals surface area contributed by atoms with Crippen LogP contribution in [0.1, 0.15) is 45.4 Å². The average Bonchev–Trinajstić information content (AvgIpc) is 2.17. The van der Waals surface area contributed by atoms with Crippen LogP contribution in [0.15, 0.2) is 0 Å². The lowest BCUT2D eigenvalue weighted by Gasteiger charge is -2.15. The van der Waals surface area contributed by atoms with Crippen LogP contribution in [-0.4, -0.2) is 26.0 Å². The van der Waals surface area contributed by atoms with Crippen LogP contribution in [0, 0.1) is 0 Å². The largest absolute Gasteiger partial charge is 0.278 e. The minimum Gasteiger partial charge on any atom is -0.278 e. The summed E-state index contributed by atoms with van der Waals surface area (Å²) in [6, 6.07) is 0. The van der Waals surface area contributed by atoms with E-state index in [-0.39, 0.29) is 0 Å². The highest BCUT2D eigenvalue weighted by atomic mass is 16.9. The Bertz CT molecular complexity index is 94.9. The van der Waals surface area contributed by atoms with E-state index in [2.05, 4.69) is 6.92 Å². The first kappa shape index (κ1) is 12.9. The molecule has 13 heavy (non-hydrogen) atoms. The van der Waals surface area contributed by atoms with E-state index in [0.717, 1.165) is 13.0 Å². The van der Waals surface area contributed by atoms with Crippen LogP contribution in [0.4, 0.5) is 0 Å². The Balaban J connectivity index is 3.05. The number of unbranched alkanes of at least 4 members (excludes halogenated alkanes) is 5. The summed E-state index contributed by atoms with van der Waals surface area (Å²) in [4.78, 5) is 9.88. The molecule has 0 fully saturated rings. The van der Waals surface area contributed by atoms with Crippen molar-refractivity contribution in [1.82, 2.24) is 5.23 Å². The smallest absolute Gasteiger partial charge is 0.0601 e. The lowest BCUT2D eigenvalue weighted by atomic mass is 10.1. The highest BCUT2D eigenvalue weighted by Gasteiger charge is 1.99. The maximum absolute atomic E-state index is 4.94. The number of hydrogen-bond acceptors (Lipinski definition) is 3. The van der Waals surface area contributed by atoms with Gasteiger partial charge in [-0.05, 0) is 6.42 Å². The van der Waals surface area contributed by atoms with Gasteiger partial charge >= 0.3 is 0 Å². The molecule has 0 unspecified atom stereocenters. The van der Waals surface area contributed by atoms with Gasteiger partial charge in [-0.3, -0.25) is 9.68 Å². The van der Waals surface area contributed by atoms with Crippen molar-refractivity contribution in [3.63, 3.8) is 0 Å². The summed E-state index contributed by atoms with van der Waals surface area (Å²) in [5.41, 5.74) is 0. The van der Waals surface area contributed by atoms with Gasteiger partial charge in [-0.1, -0.05) is 44.3 Å². The predicted molar refractivity (Wildman–Crippen MR) is 54.1 cm³/mol. The third-order valence-corrected chi connectivity index (χ3v) is 2.10. The fourth-order valence-electron chi connectivity index (χ4n) is 1.28. The molecule has 0 aromatic carbocycles. The van der Waals surface area contributed by atoms with Gasteiger partial charge in [-0.2, -0.15) is 0 Å². The second-order valence-corrected chi connectivity index (χ2v) is 3.19. The zero-order valence-electron chi connectivity index (χ0n) is 9.21. The predicted octanol–water partition coefficient (Wildman–Crippen LogP) is 2.77. The molecule has 0 aromatic rings. The van der Waals surface area contributed by atoms with Gasteiger partial charge in [0.1, 0.15) is 0 Å². The fourth-order valence-corrected chi connectivity index (χ4v) is 1.28. The van der Waals surface area contributed by atoms with E-state index >= 15 is 0 Å². The van der Waals surface area contributed by atoms with Crippen molar-refractivity contribution in [2.24, 2.45) is 0 Å². The molecule has 3 heteroatoms. The summed E-state index contributed by atoms with van der Waals surface area (Å²) >= 11 is 0. The first-order chi connectivity index (χ1) is 6.35. The Morgan fingerprint density at radius 3 is 1.92 bits per heavy atom. The minimum absolute atomic E-state index is 0.860. The third kappa shape index (κ3) is 8.22. The van der Waals surface area contributed by atoms with Crippen molar-refractivity contribution in [3.8, 4) is 0 Å². The summed E-state index contributed by atoms with van der Waals surface area (Å²) in [5, 5.41) is 1.51. The van der Waals surface area contributed by atoms with E-state index in [4.69, 9.17) is 9.68 Å². The van der Waals surface area contributed by atoms with Crippen LogP contribution in [-0.2, 0) is 9.68 Å². The van der Waals surface area contributed by atoms with Gasteiger partial charge in [-0.15, -0.1) is 0 Å². The summed E-state index contributed by atoms with van der Waals surface area (Å²) in [6.45, 7) is 3.09. The zero-order chi connectivity index (χ0) is 9.94. The van der Waals surface area contributed by atoms with Gasteiger partial charge in [0, 0.05) is 0 Å². The molecule has 3 nitrogen and oxygen atoms in total. The summed E-state index contributed by atoms with van der Waals surface area (Å²) < 4.78 is 0. The van der Waals surface area contributed by atoms with Gasteiger partial charge < -0.3 is 0 Å². The summed E-state index contributed by atoms with van der Waals surface area (Å²) in [7, 11) is 3.25. The van der Waals surface area contributed by atoms with Crippen molar-refractivity contribution in [1.29, 1.82) is 0 Å². The molecule has 0 bridgehead atoms. The lowest BCUT2D eigenvalue weighted by Crippen LogP contribution is -2.21. The number of hydrogen-bond donors (Lipinski definition) is 0. The number of hydroxylamine groups is 2. The SMILES string of the molecule is CCCCCCCCN(OC)OC. The van der Waals surface area contributed by atoms with E-state index in [1.54, 1.807) is 14.2 Å². The molecule has 0 spiro atoms. The Morgan fingerprint density at radius 1 is 0.846 bits per heavy atom. The van der Waals surface area contributed by atoms with Gasteiger partial charge in [-0.25, -0.2) is 0 Å². The van der Waals surface area contributed by atoms with E-state index in [0.29, 0.717) is 0 Å². The Labute approximate surface area is 81.9 Å². The lowest BCUT2D eigenvalue weighted by molar-refractivity contribution is -0.342. The van der Waals surface area contributed by atoms with Crippen molar-refractivity contribution in [2.45, 2.75) is 45.4 Å². The molecule has 0 aliphatic carbocycles. The topological polar surface area (TPSA) is 21.7 Å². The Kier molecular flexibility index (Phi) is 9.87. The molecule has 0 atom stereocenters. The molecule has 0 rings (SSSR count). The maximum atomic E-state index is 4.94. The van der Waals surface area contributed by atoms with E-state index < -0.39 is 0 Å². The van der Waals surface area contributed by atoms with Crippen LogP contribution in [0.5, 0.6) is 0 Å². The van der Waals surface area contributed by atoms with Crippen molar-refractivity contribution < 1.29 is 9.68 Å². The van der Waals surface area contributed by atoms with Crippen LogP contribution in [0.3, 0.4) is 0 Å². The molecule has 0 saturated heterocycles. The standard InChI is InChI=1S/C10H23NO2/c1-4-5-6-7-8-9-10-11(12-2)13-3/h4-10H2,1-3H3. The van der Waals surface area contributed by atoms with Gasteiger partial charge in [0.25, 0.3) is 0 Å². The molecule has 0 amide bonds. The molecule has 0 radical (unpaired) electrons. The quantitative estimate of drug-likeness (QED) is 0.411. The van der Waals surface area contributed by atoms with Crippen LogP contribution in [0.2, 0.25) is 0 Å². The molecule has 0 aliphatic heterocycles. The highest BCUT2D eigenvalue weighted by molar-refractivity contribution is 4.44. The van der Waals surface area contributed by atoms with Gasteiger partial charge in [0.05, 0.1) is 20.8 Å². The van der Waals surface area contributed by atoms with E-state index in [1.165, 1.54) is 37.3 Å². The van der Waals surface area contributed by atoms with Gasteiger partial charge in [0.2, 0.25) is 0 Å². The first-order valence-corrected chi connectivity index (χ1v) is 5.20. The zero-order valence-corrected chi connectivity index (χ0v) is 9.21. The molecular formula is C10H23NO2. The molecule has 0 aliphatic rings. The molecule has 0 aromatic heterocycles. The molecule has 0 N–H and O–H groups in total. The van der Waals surface area contributed by atoms with Crippen LogP contribution in [0.25, 0.3) is 0 Å². The Morgan fingerprint density at radius 2 is 1.38 bits per heavy atom. The van der Waals surface area contributed by atoms with Crippen LogP contribution < -0.4 is 0 Å². The summed E-state index contributed by atoms with van der Waals surface area (Å²) in [5.74, 6) is 0. The van der Waals surface area contributed by atoms with E-state index in [1.807, 2.05) is 0 Å². The second kappa shape index (κ2) is 9.96. The maximum Gasteiger partial charge on any atom is 0.0601 e. The normalized spacial score (nSPS) is 11.1. The van der Waals surface area contributed by atoms with Crippen molar-refractivity contribution in [3.05, 3.63) is 0 Å². The van der Waals surface area contributed by atoms with Gasteiger partial charge in [0.15, 0.2) is 0 Å². The highest BCUT2D eigenvalue weighted by Crippen LogP contribution is 2.05. The molecule has 80 valence electrons. The third-order valence-electron chi connectivity index (χ3n) is 2.10. The van der Waals surface area contributed by atoms with Crippen molar-refractivity contribution >= 4 is 0 Å². The summed E-state index contributed by atoms with van der Waals surface area (Å²) in [6.07, 6.45) is 7.76. The average molecular weight is 189 g/mol. The number of nitrogens with zero attached hydrogens (tertiary/aromatic N) is 1. The molecular weight excluding hydrogens is 166 g/mol. The Hall–Kier alpha value is -0.120. The fraction of sp³-hybridized carbons (Fsp3) is 1.00. The molecule has 0 saturated carbocycles. The number of rotatable bonds is 9. The van der Waals surface area contributed by atoms with Crippen LogP contribution >= 0.6 is 0 Å². The van der Waals surface area contributed by atoms with Crippen molar-refractivity contribution in [2.75, 3.05) is 20.8 Å².